The monoisotopic (exact) mass is 343 g/mol. The summed E-state index contributed by atoms with van der Waals surface area (Å²) < 4.78 is 1.19. The lowest BCUT2D eigenvalue weighted by atomic mass is 9.98. The lowest BCUT2D eigenvalue weighted by Gasteiger charge is -2.35. The first-order valence-electron chi connectivity index (χ1n) is 7.38. The van der Waals surface area contributed by atoms with Crippen LogP contribution in [0.4, 0.5) is 0 Å². The van der Waals surface area contributed by atoms with Gasteiger partial charge in [0.05, 0.1) is 0 Å². The molecule has 2 rings (SSSR count). The van der Waals surface area contributed by atoms with Crippen LogP contribution in [0, 0.1) is 0 Å². The molecule has 0 saturated carbocycles. The molecule has 0 amide bonds. The Hall–Kier alpha value is -0.0500. The first kappa shape index (κ1) is 15.3. The van der Waals surface area contributed by atoms with Gasteiger partial charge in [0.15, 0.2) is 0 Å². The quantitative estimate of drug-likeness (QED) is 0.700. The van der Waals surface area contributed by atoms with Crippen molar-refractivity contribution >= 4 is 27.5 Å². The summed E-state index contributed by atoms with van der Waals surface area (Å²) in [5, 5.41) is 0.840. The van der Waals surface area contributed by atoms with Gasteiger partial charge in [0, 0.05) is 15.5 Å². The second-order valence-corrected chi connectivity index (χ2v) is 6.77. The van der Waals surface area contributed by atoms with Gasteiger partial charge < -0.3 is 4.90 Å². The van der Waals surface area contributed by atoms with Crippen LogP contribution in [-0.4, -0.2) is 24.0 Å². The van der Waals surface area contributed by atoms with E-state index in [2.05, 4.69) is 39.9 Å². The number of benzene rings is 1. The first-order valence-corrected chi connectivity index (χ1v) is 8.55. The highest BCUT2D eigenvalue weighted by Gasteiger charge is 2.21. The van der Waals surface area contributed by atoms with Crippen molar-refractivity contribution in [3.05, 3.63) is 33.3 Å². The fourth-order valence-electron chi connectivity index (χ4n) is 2.98. The van der Waals surface area contributed by atoms with Crippen molar-refractivity contribution < 1.29 is 0 Å². The summed E-state index contributed by atoms with van der Waals surface area (Å²) in [6.45, 7) is 4.82. The third-order valence-electron chi connectivity index (χ3n) is 3.99. The first-order chi connectivity index (χ1) is 9.20. The van der Waals surface area contributed by atoms with Crippen LogP contribution in [0.3, 0.4) is 0 Å². The topological polar surface area (TPSA) is 3.24 Å². The molecule has 1 aromatic carbocycles. The molecule has 0 bridgehead atoms. The number of nitrogens with zero attached hydrogens (tertiary/aromatic N) is 1. The smallest absolute Gasteiger partial charge is 0.0409 e. The van der Waals surface area contributed by atoms with Crippen molar-refractivity contribution in [2.24, 2.45) is 0 Å². The Morgan fingerprint density at radius 3 is 2.68 bits per heavy atom. The van der Waals surface area contributed by atoms with Gasteiger partial charge in [-0.2, -0.15) is 0 Å². The van der Waals surface area contributed by atoms with E-state index >= 15 is 0 Å². The van der Waals surface area contributed by atoms with Gasteiger partial charge in [0.1, 0.15) is 0 Å². The van der Waals surface area contributed by atoms with E-state index in [4.69, 9.17) is 11.6 Å². The molecular formula is C16H23BrClN. The Kier molecular flexibility index (Phi) is 6.18. The zero-order chi connectivity index (χ0) is 13.7. The Labute approximate surface area is 130 Å². The highest BCUT2D eigenvalue weighted by molar-refractivity contribution is 9.10. The van der Waals surface area contributed by atoms with Crippen LogP contribution in [0.25, 0.3) is 0 Å². The Bertz CT molecular complexity index is 402. The zero-order valence-corrected chi connectivity index (χ0v) is 14.0. The van der Waals surface area contributed by atoms with Crippen LogP contribution in [0.2, 0.25) is 5.02 Å². The molecule has 106 valence electrons. The Morgan fingerprint density at radius 2 is 2.00 bits per heavy atom. The fourth-order valence-corrected chi connectivity index (χ4v) is 3.59. The highest BCUT2D eigenvalue weighted by Crippen LogP contribution is 2.26. The van der Waals surface area contributed by atoms with Crippen molar-refractivity contribution in [3.63, 3.8) is 0 Å². The SMILES string of the molecule is CCCC(Cc1cc(Cl)ccc1Br)N1CCCCC1. The third-order valence-corrected chi connectivity index (χ3v) is 5.00. The highest BCUT2D eigenvalue weighted by atomic mass is 79.9. The number of rotatable bonds is 5. The van der Waals surface area contributed by atoms with Crippen molar-refractivity contribution in [1.29, 1.82) is 0 Å². The average Bonchev–Trinajstić information content (AvgIpc) is 2.43. The Balaban J connectivity index is 2.08. The minimum atomic E-state index is 0.667. The second-order valence-electron chi connectivity index (χ2n) is 5.48. The number of hydrogen-bond donors (Lipinski definition) is 0. The molecule has 1 aromatic rings. The number of likely N-dealkylation sites (tertiary alicyclic amines) is 1. The van der Waals surface area contributed by atoms with Gasteiger partial charge in [0.2, 0.25) is 0 Å². The standard InChI is InChI=1S/C16H23BrClN/c1-2-6-15(19-9-4-3-5-10-19)12-13-11-14(18)7-8-16(13)17/h7-8,11,15H,2-6,9-10,12H2,1H3. The van der Waals surface area contributed by atoms with Crippen LogP contribution in [-0.2, 0) is 6.42 Å². The zero-order valence-electron chi connectivity index (χ0n) is 11.7. The van der Waals surface area contributed by atoms with Crippen molar-refractivity contribution in [2.75, 3.05) is 13.1 Å². The van der Waals surface area contributed by atoms with Gasteiger partial charge in [-0.25, -0.2) is 0 Å². The van der Waals surface area contributed by atoms with Gasteiger partial charge in [0.25, 0.3) is 0 Å². The molecule has 1 aliphatic heterocycles. The molecule has 3 heteroatoms. The predicted octanol–water partition coefficient (Wildman–Crippen LogP) is 5.30. The molecule has 1 nitrogen and oxygen atoms in total. The van der Waals surface area contributed by atoms with E-state index in [1.165, 1.54) is 55.2 Å². The molecule has 19 heavy (non-hydrogen) atoms. The number of hydrogen-bond acceptors (Lipinski definition) is 1. The normalized spacial score (nSPS) is 18.5. The van der Waals surface area contributed by atoms with Crippen LogP contribution in [0.1, 0.15) is 44.6 Å². The summed E-state index contributed by atoms with van der Waals surface area (Å²) in [7, 11) is 0. The van der Waals surface area contributed by atoms with Crippen molar-refractivity contribution in [2.45, 2.75) is 51.5 Å². The molecule has 1 saturated heterocycles. The third kappa shape index (κ3) is 4.47. The van der Waals surface area contributed by atoms with Gasteiger partial charge in [-0.05, 0) is 62.5 Å². The molecule has 0 aliphatic carbocycles. The fraction of sp³-hybridized carbons (Fsp3) is 0.625. The molecule has 0 N–H and O–H groups in total. The van der Waals surface area contributed by atoms with E-state index in [0.717, 1.165) is 11.4 Å². The largest absolute Gasteiger partial charge is 0.300 e. The molecule has 1 fully saturated rings. The minimum absolute atomic E-state index is 0.667. The van der Waals surface area contributed by atoms with E-state index in [1.807, 2.05) is 6.07 Å². The molecule has 1 aliphatic rings. The predicted molar refractivity (Wildman–Crippen MR) is 87.0 cm³/mol. The van der Waals surface area contributed by atoms with Crippen LogP contribution in [0.5, 0.6) is 0 Å². The van der Waals surface area contributed by atoms with Crippen LogP contribution >= 0.6 is 27.5 Å². The molecule has 1 unspecified atom stereocenters. The number of halogens is 2. The lowest BCUT2D eigenvalue weighted by molar-refractivity contribution is 0.153. The van der Waals surface area contributed by atoms with Crippen molar-refractivity contribution in [1.82, 2.24) is 4.90 Å². The maximum atomic E-state index is 6.13. The molecule has 0 aromatic heterocycles. The van der Waals surface area contributed by atoms with Crippen molar-refractivity contribution in [3.8, 4) is 0 Å². The molecule has 1 atom stereocenters. The summed E-state index contributed by atoms with van der Waals surface area (Å²) in [5.41, 5.74) is 1.34. The van der Waals surface area contributed by atoms with Gasteiger partial charge in [-0.3, -0.25) is 0 Å². The van der Waals surface area contributed by atoms with Gasteiger partial charge >= 0.3 is 0 Å². The maximum Gasteiger partial charge on any atom is 0.0409 e. The Morgan fingerprint density at radius 1 is 1.26 bits per heavy atom. The van der Waals surface area contributed by atoms with E-state index in [0.29, 0.717) is 6.04 Å². The average molecular weight is 345 g/mol. The summed E-state index contributed by atoms with van der Waals surface area (Å²) in [6, 6.07) is 6.79. The van der Waals surface area contributed by atoms with E-state index in [9.17, 15) is 0 Å². The summed E-state index contributed by atoms with van der Waals surface area (Å²) >= 11 is 9.79. The van der Waals surface area contributed by atoms with E-state index < -0.39 is 0 Å². The van der Waals surface area contributed by atoms with Gasteiger partial charge in [-0.15, -0.1) is 0 Å². The molecule has 1 heterocycles. The van der Waals surface area contributed by atoms with Crippen LogP contribution < -0.4 is 0 Å². The molecule has 0 spiro atoms. The summed E-state index contributed by atoms with van der Waals surface area (Å²) in [6.07, 6.45) is 7.75. The van der Waals surface area contributed by atoms with Crippen LogP contribution in [0.15, 0.2) is 22.7 Å². The van der Waals surface area contributed by atoms with Gasteiger partial charge in [-0.1, -0.05) is 47.3 Å². The lowest BCUT2D eigenvalue weighted by Crippen LogP contribution is -2.40. The molecule has 0 radical (unpaired) electrons. The van der Waals surface area contributed by atoms with E-state index in [1.54, 1.807) is 0 Å². The number of piperidine rings is 1. The molecular weight excluding hydrogens is 322 g/mol. The minimum Gasteiger partial charge on any atom is -0.300 e. The second kappa shape index (κ2) is 7.66. The summed E-state index contributed by atoms with van der Waals surface area (Å²) in [5.74, 6) is 0. The van der Waals surface area contributed by atoms with E-state index in [-0.39, 0.29) is 0 Å². The maximum absolute atomic E-state index is 6.13. The summed E-state index contributed by atoms with van der Waals surface area (Å²) in [4.78, 5) is 2.68.